The number of thiophene rings is 1. The minimum atomic E-state index is 0.768. The smallest absolute Gasteiger partial charge is 0.107 e. The van der Waals surface area contributed by atoms with E-state index in [9.17, 15) is 0 Å². The second kappa shape index (κ2) is 6.64. The Morgan fingerprint density at radius 3 is 2.95 bits per heavy atom. The van der Waals surface area contributed by atoms with Crippen LogP contribution in [0.3, 0.4) is 0 Å². The molecule has 0 saturated heterocycles. The average molecular weight is 383 g/mol. The van der Waals surface area contributed by atoms with Gasteiger partial charge < -0.3 is 9.88 Å². The average Bonchev–Trinajstić information content (AvgIpc) is 3.08. The summed E-state index contributed by atoms with van der Waals surface area (Å²) < 4.78 is 3.80. The molecule has 0 radical (unpaired) electrons. The zero-order valence-electron chi connectivity index (χ0n) is 11.1. The van der Waals surface area contributed by atoms with Gasteiger partial charge in [0.05, 0.1) is 6.33 Å². The number of nitrogens with one attached hydrogen (secondary N) is 1. The lowest BCUT2D eigenvalue weighted by Crippen LogP contribution is -2.00. The van der Waals surface area contributed by atoms with E-state index < -0.39 is 0 Å². The van der Waals surface area contributed by atoms with Gasteiger partial charge in [0, 0.05) is 40.5 Å². The van der Waals surface area contributed by atoms with Crippen molar-refractivity contribution in [3.8, 4) is 0 Å². The number of anilines is 1. The summed E-state index contributed by atoms with van der Waals surface area (Å²) in [6, 6.07) is 10.5. The van der Waals surface area contributed by atoms with Crippen molar-refractivity contribution in [2.45, 2.75) is 13.1 Å². The van der Waals surface area contributed by atoms with Crippen LogP contribution < -0.4 is 5.32 Å². The first-order chi connectivity index (χ1) is 10.2. The van der Waals surface area contributed by atoms with E-state index in [2.05, 4.69) is 61.1 Å². The number of aromatic nitrogens is 2. The van der Waals surface area contributed by atoms with Gasteiger partial charge in [0.15, 0.2) is 0 Å². The van der Waals surface area contributed by atoms with Crippen LogP contribution in [0.1, 0.15) is 10.4 Å². The molecule has 0 aliphatic heterocycles. The molecule has 0 bridgehead atoms. The Labute approximate surface area is 140 Å². The molecule has 0 unspecified atom stereocenters. The first-order valence-electron chi connectivity index (χ1n) is 6.43. The minimum Gasteiger partial charge on any atom is -0.380 e. The van der Waals surface area contributed by atoms with Crippen LogP contribution in [0.15, 0.2) is 53.5 Å². The van der Waals surface area contributed by atoms with Crippen LogP contribution in [0.25, 0.3) is 0 Å². The van der Waals surface area contributed by atoms with Crippen LogP contribution in [-0.4, -0.2) is 9.55 Å². The molecule has 0 aliphatic carbocycles. The van der Waals surface area contributed by atoms with Crippen molar-refractivity contribution in [1.29, 1.82) is 0 Å². The lowest BCUT2D eigenvalue weighted by molar-refractivity contribution is 0.797. The summed E-state index contributed by atoms with van der Waals surface area (Å²) in [5, 5.41) is 3.43. The molecular weight excluding hydrogens is 370 g/mol. The first kappa shape index (κ1) is 14.6. The van der Waals surface area contributed by atoms with Crippen LogP contribution in [0.5, 0.6) is 0 Å². The van der Waals surface area contributed by atoms with Gasteiger partial charge in [-0.15, -0.1) is 11.3 Å². The van der Waals surface area contributed by atoms with Crippen molar-refractivity contribution in [3.05, 3.63) is 68.3 Å². The Morgan fingerprint density at radius 1 is 1.33 bits per heavy atom. The van der Waals surface area contributed by atoms with Gasteiger partial charge in [0.25, 0.3) is 0 Å². The summed E-state index contributed by atoms with van der Waals surface area (Å²) in [6.07, 6.45) is 5.58. The fourth-order valence-corrected chi connectivity index (χ4v) is 3.77. The number of imidazole rings is 1. The zero-order chi connectivity index (χ0) is 14.7. The molecule has 0 saturated carbocycles. The van der Waals surface area contributed by atoms with Crippen molar-refractivity contribution in [2.24, 2.45) is 0 Å². The van der Waals surface area contributed by atoms with Crippen molar-refractivity contribution in [3.63, 3.8) is 0 Å². The number of nitrogens with zero attached hydrogens (tertiary/aromatic N) is 2. The number of hydrogen-bond donors (Lipinski definition) is 1. The van der Waals surface area contributed by atoms with Crippen LogP contribution in [0.2, 0.25) is 4.34 Å². The van der Waals surface area contributed by atoms with Gasteiger partial charge in [0.2, 0.25) is 0 Å². The van der Waals surface area contributed by atoms with Gasteiger partial charge in [-0.25, -0.2) is 4.98 Å². The van der Waals surface area contributed by atoms with Crippen molar-refractivity contribution >= 4 is 44.6 Å². The maximum atomic E-state index is 6.05. The van der Waals surface area contributed by atoms with E-state index in [1.54, 1.807) is 17.5 Å². The predicted molar refractivity (Wildman–Crippen MR) is 92.1 cm³/mol. The highest BCUT2D eigenvalue weighted by Crippen LogP contribution is 2.32. The van der Waals surface area contributed by atoms with Crippen molar-refractivity contribution in [1.82, 2.24) is 9.55 Å². The maximum Gasteiger partial charge on any atom is 0.107 e. The van der Waals surface area contributed by atoms with Gasteiger partial charge in [0.1, 0.15) is 4.34 Å². The van der Waals surface area contributed by atoms with Crippen molar-refractivity contribution in [2.75, 3.05) is 5.32 Å². The molecule has 0 aliphatic rings. The van der Waals surface area contributed by atoms with Gasteiger partial charge in [-0.2, -0.15) is 0 Å². The quantitative estimate of drug-likeness (QED) is 0.671. The molecule has 2 aromatic heterocycles. The number of benzene rings is 1. The molecule has 0 fully saturated rings. The third kappa shape index (κ3) is 3.87. The molecule has 3 aromatic rings. The fourth-order valence-electron chi connectivity index (χ4n) is 2.04. The largest absolute Gasteiger partial charge is 0.380 e. The summed E-state index contributed by atoms with van der Waals surface area (Å²) in [4.78, 5) is 5.26. The Bertz CT molecular complexity index is 705. The third-order valence-corrected chi connectivity index (χ3v) is 5.49. The minimum absolute atomic E-state index is 0.768. The van der Waals surface area contributed by atoms with E-state index in [-0.39, 0.29) is 0 Å². The number of hydrogen-bond acceptors (Lipinski definition) is 3. The number of rotatable bonds is 5. The molecule has 0 atom stereocenters. The molecule has 0 amide bonds. The van der Waals surface area contributed by atoms with E-state index in [0.717, 1.165) is 27.6 Å². The number of halogens is 2. The van der Waals surface area contributed by atoms with Gasteiger partial charge >= 0.3 is 0 Å². The molecule has 1 aromatic carbocycles. The molecule has 21 heavy (non-hydrogen) atoms. The highest BCUT2D eigenvalue weighted by atomic mass is 79.9. The Balaban J connectivity index is 1.65. The second-order valence-electron chi connectivity index (χ2n) is 4.62. The zero-order valence-corrected chi connectivity index (χ0v) is 14.3. The lowest BCUT2D eigenvalue weighted by Gasteiger charge is -2.08. The van der Waals surface area contributed by atoms with Gasteiger partial charge in [-0.3, -0.25) is 0 Å². The molecule has 3 rings (SSSR count). The Morgan fingerprint density at radius 2 is 2.24 bits per heavy atom. The van der Waals surface area contributed by atoms with E-state index in [1.165, 1.54) is 10.4 Å². The van der Waals surface area contributed by atoms with Crippen LogP contribution >= 0.6 is 38.9 Å². The maximum absolute atomic E-state index is 6.05. The molecular formula is C15H13BrClN3S. The van der Waals surface area contributed by atoms with Crippen LogP contribution in [0, 0.1) is 0 Å². The normalized spacial score (nSPS) is 10.8. The van der Waals surface area contributed by atoms with E-state index in [4.69, 9.17) is 11.6 Å². The SMILES string of the molecule is Clc1sc(CNc2cccc(Cn3ccnc3)c2)cc1Br. The third-order valence-electron chi connectivity index (χ3n) is 3.01. The second-order valence-corrected chi connectivity index (χ2v) is 7.22. The lowest BCUT2D eigenvalue weighted by atomic mass is 10.2. The van der Waals surface area contributed by atoms with Crippen LogP contribution in [-0.2, 0) is 13.1 Å². The molecule has 1 N–H and O–H groups in total. The monoisotopic (exact) mass is 381 g/mol. The van der Waals surface area contributed by atoms with E-state index >= 15 is 0 Å². The summed E-state index contributed by atoms with van der Waals surface area (Å²) in [5.41, 5.74) is 2.34. The molecule has 6 heteroatoms. The highest BCUT2D eigenvalue weighted by Gasteiger charge is 2.04. The van der Waals surface area contributed by atoms with E-state index in [1.807, 2.05) is 12.5 Å². The first-order valence-corrected chi connectivity index (χ1v) is 8.42. The molecule has 2 heterocycles. The summed E-state index contributed by atoms with van der Waals surface area (Å²) >= 11 is 11.1. The molecule has 3 nitrogen and oxygen atoms in total. The molecule has 0 spiro atoms. The highest BCUT2D eigenvalue weighted by molar-refractivity contribution is 9.10. The van der Waals surface area contributed by atoms with Crippen molar-refractivity contribution < 1.29 is 0 Å². The summed E-state index contributed by atoms with van der Waals surface area (Å²) in [6.45, 7) is 1.59. The Hall–Kier alpha value is -1.30. The molecule has 108 valence electrons. The predicted octanol–water partition coefficient (Wildman–Crippen LogP) is 5.02. The summed E-state index contributed by atoms with van der Waals surface area (Å²) in [7, 11) is 0. The standard InChI is InChI=1S/C15H13BrClN3S/c16-14-7-13(21-15(14)17)8-19-12-3-1-2-11(6-12)9-20-5-4-18-10-20/h1-7,10,19H,8-9H2. The van der Waals surface area contributed by atoms with Gasteiger partial charge in [-0.05, 0) is 39.7 Å². The summed E-state index contributed by atoms with van der Waals surface area (Å²) in [5.74, 6) is 0. The fraction of sp³-hybridized carbons (Fsp3) is 0.133. The topological polar surface area (TPSA) is 29.9 Å². The van der Waals surface area contributed by atoms with Gasteiger partial charge in [-0.1, -0.05) is 23.7 Å². The Kier molecular flexibility index (Phi) is 4.63. The van der Waals surface area contributed by atoms with Crippen LogP contribution in [0.4, 0.5) is 5.69 Å². The van der Waals surface area contributed by atoms with E-state index in [0.29, 0.717) is 0 Å².